The van der Waals surface area contributed by atoms with Gasteiger partial charge in [-0.1, -0.05) is 11.6 Å². The van der Waals surface area contributed by atoms with Crippen molar-refractivity contribution < 1.29 is 14.6 Å². The number of halogens is 1. The molecule has 0 bridgehead atoms. The number of morpholine rings is 1. The molecule has 6 heteroatoms. The highest BCUT2D eigenvalue weighted by molar-refractivity contribution is 6.30. The number of amides is 1. The van der Waals surface area contributed by atoms with Crippen LogP contribution in [0.25, 0.3) is 0 Å². The number of phenolic OH excluding ortho intramolecular Hbond substituents is 1. The number of phenols is 1. The van der Waals surface area contributed by atoms with Crippen LogP contribution in [0.15, 0.2) is 18.2 Å². The molecule has 3 rings (SSSR count). The Bertz CT molecular complexity index is 538. The van der Waals surface area contributed by atoms with E-state index in [2.05, 4.69) is 10.2 Å². The molecule has 2 atom stereocenters. The van der Waals surface area contributed by atoms with Crippen molar-refractivity contribution in [2.24, 2.45) is 0 Å². The molecule has 2 N–H and O–H groups in total. The number of hydrogen-bond acceptors (Lipinski definition) is 4. The lowest BCUT2D eigenvalue weighted by molar-refractivity contribution is -0.0461. The molecule has 1 aromatic rings. The van der Waals surface area contributed by atoms with Crippen LogP contribution in [0.5, 0.6) is 5.75 Å². The molecular weight excluding hydrogens is 292 g/mol. The quantitative estimate of drug-likeness (QED) is 0.891. The first-order valence-electron chi connectivity index (χ1n) is 7.26. The molecule has 1 aromatic carbocycles. The van der Waals surface area contributed by atoms with E-state index in [1.807, 2.05) is 0 Å². The zero-order chi connectivity index (χ0) is 14.8. The van der Waals surface area contributed by atoms with E-state index in [1.54, 1.807) is 6.07 Å². The normalized spacial score (nSPS) is 25.6. The average molecular weight is 311 g/mol. The second kappa shape index (κ2) is 6.22. The molecule has 21 heavy (non-hydrogen) atoms. The second-order valence-corrected chi connectivity index (χ2v) is 6.05. The van der Waals surface area contributed by atoms with Crippen LogP contribution in [0.4, 0.5) is 0 Å². The third-order valence-electron chi connectivity index (χ3n) is 4.16. The van der Waals surface area contributed by atoms with Crippen molar-refractivity contribution >= 4 is 17.5 Å². The highest BCUT2D eigenvalue weighted by Crippen LogP contribution is 2.23. The Balaban J connectivity index is 1.54. The summed E-state index contributed by atoms with van der Waals surface area (Å²) >= 11 is 5.75. The summed E-state index contributed by atoms with van der Waals surface area (Å²) in [5.41, 5.74) is 0.231. The van der Waals surface area contributed by atoms with Crippen LogP contribution in [0.1, 0.15) is 23.2 Å². The van der Waals surface area contributed by atoms with Gasteiger partial charge in [0.25, 0.3) is 5.91 Å². The summed E-state index contributed by atoms with van der Waals surface area (Å²) in [6.07, 6.45) is 2.45. The average Bonchev–Trinajstić information content (AvgIpc) is 2.92. The minimum Gasteiger partial charge on any atom is -0.507 e. The van der Waals surface area contributed by atoms with Gasteiger partial charge in [-0.2, -0.15) is 0 Å². The van der Waals surface area contributed by atoms with Gasteiger partial charge in [0, 0.05) is 24.2 Å². The predicted molar refractivity (Wildman–Crippen MR) is 79.8 cm³/mol. The van der Waals surface area contributed by atoms with E-state index in [0.29, 0.717) is 17.6 Å². The molecule has 2 saturated heterocycles. The number of rotatable bonds is 3. The standard InChI is InChI=1S/C15H19ClN2O3/c16-10-3-4-13(14(19)6-10)15(20)17-7-12-8-18-5-1-2-11(18)9-21-12/h3-4,6,11-12,19H,1-2,5,7-9H2,(H,17,20). The Morgan fingerprint density at radius 1 is 1.52 bits per heavy atom. The van der Waals surface area contributed by atoms with Crippen molar-refractivity contribution in [2.45, 2.75) is 25.0 Å². The van der Waals surface area contributed by atoms with Gasteiger partial charge >= 0.3 is 0 Å². The zero-order valence-corrected chi connectivity index (χ0v) is 12.5. The lowest BCUT2D eigenvalue weighted by Crippen LogP contribution is -2.50. The van der Waals surface area contributed by atoms with E-state index >= 15 is 0 Å². The van der Waals surface area contributed by atoms with Crippen molar-refractivity contribution in [3.05, 3.63) is 28.8 Å². The van der Waals surface area contributed by atoms with Gasteiger partial charge < -0.3 is 15.2 Å². The van der Waals surface area contributed by atoms with Crippen LogP contribution >= 0.6 is 11.6 Å². The largest absolute Gasteiger partial charge is 0.507 e. The molecule has 2 fully saturated rings. The summed E-state index contributed by atoms with van der Waals surface area (Å²) in [5.74, 6) is -0.416. The van der Waals surface area contributed by atoms with Crippen molar-refractivity contribution in [3.8, 4) is 5.75 Å². The molecule has 2 heterocycles. The first-order chi connectivity index (χ1) is 10.1. The van der Waals surface area contributed by atoms with Crippen molar-refractivity contribution in [1.82, 2.24) is 10.2 Å². The first-order valence-corrected chi connectivity index (χ1v) is 7.63. The highest BCUT2D eigenvalue weighted by atomic mass is 35.5. The number of ether oxygens (including phenoxy) is 1. The number of benzene rings is 1. The molecule has 0 radical (unpaired) electrons. The fraction of sp³-hybridized carbons (Fsp3) is 0.533. The molecule has 2 unspecified atom stereocenters. The van der Waals surface area contributed by atoms with E-state index in [-0.39, 0.29) is 23.3 Å². The predicted octanol–water partition coefficient (Wildman–Crippen LogP) is 1.64. The molecule has 0 aromatic heterocycles. The smallest absolute Gasteiger partial charge is 0.255 e. The molecule has 2 aliphatic heterocycles. The van der Waals surface area contributed by atoms with E-state index in [1.165, 1.54) is 25.0 Å². The van der Waals surface area contributed by atoms with E-state index in [9.17, 15) is 9.90 Å². The van der Waals surface area contributed by atoms with Crippen molar-refractivity contribution in [2.75, 3.05) is 26.2 Å². The Hall–Kier alpha value is -1.30. The maximum Gasteiger partial charge on any atom is 0.255 e. The molecular formula is C15H19ClN2O3. The van der Waals surface area contributed by atoms with Crippen LogP contribution in [0.3, 0.4) is 0 Å². The number of nitrogens with zero attached hydrogens (tertiary/aromatic N) is 1. The van der Waals surface area contributed by atoms with Gasteiger partial charge in [-0.3, -0.25) is 9.69 Å². The van der Waals surface area contributed by atoms with Gasteiger partial charge in [-0.05, 0) is 37.6 Å². The summed E-state index contributed by atoms with van der Waals surface area (Å²) in [5, 5.41) is 13.0. The lowest BCUT2D eigenvalue weighted by Gasteiger charge is -2.35. The fourth-order valence-corrected chi connectivity index (χ4v) is 3.17. The Morgan fingerprint density at radius 3 is 3.19 bits per heavy atom. The van der Waals surface area contributed by atoms with Gasteiger partial charge in [0.15, 0.2) is 0 Å². The van der Waals surface area contributed by atoms with Gasteiger partial charge in [0.1, 0.15) is 5.75 Å². The van der Waals surface area contributed by atoms with Gasteiger partial charge in [0.05, 0.1) is 18.3 Å². The topological polar surface area (TPSA) is 61.8 Å². The molecule has 0 aliphatic carbocycles. The minimum absolute atomic E-state index is 0.0118. The van der Waals surface area contributed by atoms with Gasteiger partial charge in [0.2, 0.25) is 0 Å². The first kappa shape index (κ1) is 14.6. The number of hydrogen-bond donors (Lipinski definition) is 2. The maximum absolute atomic E-state index is 12.1. The maximum atomic E-state index is 12.1. The van der Waals surface area contributed by atoms with Gasteiger partial charge in [-0.15, -0.1) is 0 Å². The van der Waals surface area contributed by atoms with Gasteiger partial charge in [-0.25, -0.2) is 0 Å². The van der Waals surface area contributed by atoms with Crippen molar-refractivity contribution in [1.29, 1.82) is 0 Å². The number of fused-ring (bicyclic) bond motifs is 1. The highest BCUT2D eigenvalue weighted by Gasteiger charge is 2.32. The summed E-state index contributed by atoms with van der Waals surface area (Å²) in [7, 11) is 0. The second-order valence-electron chi connectivity index (χ2n) is 5.62. The van der Waals surface area contributed by atoms with Crippen LogP contribution in [-0.2, 0) is 4.74 Å². The summed E-state index contributed by atoms with van der Waals surface area (Å²) in [6, 6.07) is 5.02. The SMILES string of the molecule is O=C(NCC1CN2CCCC2CO1)c1ccc(Cl)cc1O. The molecule has 5 nitrogen and oxygen atoms in total. The third-order valence-corrected chi connectivity index (χ3v) is 4.39. The fourth-order valence-electron chi connectivity index (χ4n) is 3.01. The number of nitrogens with one attached hydrogen (secondary N) is 1. The van der Waals surface area contributed by atoms with E-state index in [0.717, 1.165) is 19.7 Å². The number of carbonyl (C=O) groups is 1. The molecule has 0 saturated carbocycles. The van der Waals surface area contributed by atoms with Crippen LogP contribution < -0.4 is 5.32 Å². The Labute approximate surface area is 128 Å². The van der Waals surface area contributed by atoms with Crippen LogP contribution in [0.2, 0.25) is 5.02 Å². The van der Waals surface area contributed by atoms with E-state index < -0.39 is 0 Å². The third kappa shape index (κ3) is 3.31. The summed E-state index contributed by atoms with van der Waals surface area (Å²) in [4.78, 5) is 14.5. The number of aromatic hydroxyl groups is 1. The lowest BCUT2D eigenvalue weighted by atomic mass is 10.1. The summed E-state index contributed by atoms with van der Waals surface area (Å²) < 4.78 is 5.79. The molecule has 114 valence electrons. The molecule has 2 aliphatic rings. The Kier molecular flexibility index (Phi) is 4.33. The minimum atomic E-state index is -0.309. The Morgan fingerprint density at radius 2 is 2.38 bits per heavy atom. The molecule has 1 amide bonds. The van der Waals surface area contributed by atoms with E-state index in [4.69, 9.17) is 16.3 Å². The number of carbonyl (C=O) groups excluding carboxylic acids is 1. The van der Waals surface area contributed by atoms with Crippen LogP contribution in [-0.4, -0.2) is 54.3 Å². The monoisotopic (exact) mass is 310 g/mol. The molecule has 0 spiro atoms. The van der Waals surface area contributed by atoms with Crippen molar-refractivity contribution in [3.63, 3.8) is 0 Å². The summed E-state index contributed by atoms with van der Waals surface area (Å²) in [6.45, 7) is 3.17. The zero-order valence-electron chi connectivity index (χ0n) is 11.7. The van der Waals surface area contributed by atoms with Crippen LogP contribution in [0, 0.1) is 0 Å².